The van der Waals surface area contributed by atoms with E-state index in [1.165, 1.54) is 0 Å². The normalized spacial score (nSPS) is 12.5. The Morgan fingerprint density at radius 1 is 1.12 bits per heavy atom. The van der Waals surface area contributed by atoms with Crippen molar-refractivity contribution < 1.29 is 23.2 Å². The van der Waals surface area contributed by atoms with E-state index in [2.05, 4.69) is 4.72 Å². The molecule has 0 saturated carbocycles. The van der Waals surface area contributed by atoms with Crippen molar-refractivity contribution in [1.29, 1.82) is 0 Å². The van der Waals surface area contributed by atoms with Gasteiger partial charge in [0, 0.05) is 12.1 Å². The summed E-state index contributed by atoms with van der Waals surface area (Å²) in [6, 6.07) is 11.4. The van der Waals surface area contributed by atoms with Crippen molar-refractivity contribution >= 4 is 21.7 Å². The fraction of sp³-hybridized carbons (Fsp3) is 0.133. The Morgan fingerprint density at radius 3 is 2.21 bits per heavy atom. The molecule has 2 aromatic rings. The van der Waals surface area contributed by atoms with Crippen LogP contribution in [-0.2, 0) is 21.2 Å². The number of rotatable bonds is 7. The molecule has 0 unspecified atom stereocenters. The molecular formula is C15H14N2O6S. The topological polar surface area (TPSA) is 127 Å². The lowest BCUT2D eigenvalue weighted by Crippen LogP contribution is -2.42. The molecular weight excluding hydrogens is 336 g/mol. The van der Waals surface area contributed by atoms with Crippen molar-refractivity contribution in [3.05, 3.63) is 70.3 Å². The number of carbonyl (C=O) groups is 1. The molecule has 0 radical (unpaired) electrons. The SMILES string of the molecule is O=C(O)[C@@H](Cc1ccccc1)NS(=O)(=O)c1ccc([N+](=O)[O-])cc1. The van der Waals surface area contributed by atoms with Crippen molar-refractivity contribution in [3.8, 4) is 0 Å². The minimum atomic E-state index is -4.12. The van der Waals surface area contributed by atoms with Gasteiger partial charge < -0.3 is 5.11 Å². The molecule has 0 amide bonds. The number of hydrogen-bond donors (Lipinski definition) is 2. The summed E-state index contributed by atoms with van der Waals surface area (Å²) in [5.74, 6) is -1.32. The van der Waals surface area contributed by atoms with Gasteiger partial charge in [-0.2, -0.15) is 4.72 Å². The van der Waals surface area contributed by atoms with Gasteiger partial charge in [-0.3, -0.25) is 14.9 Å². The highest BCUT2D eigenvalue weighted by Crippen LogP contribution is 2.16. The van der Waals surface area contributed by atoms with Crippen molar-refractivity contribution in [3.63, 3.8) is 0 Å². The molecule has 0 spiro atoms. The summed E-state index contributed by atoms with van der Waals surface area (Å²) in [6.45, 7) is 0. The Bertz CT molecular complexity index is 834. The van der Waals surface area contributed by atoms with Crippen LogP contribution in [0.3, 0.4) is 0 Å². The predicted molar refractivity (Wildman–Crippen MR) is 85.0 cm³/mol. The maximum absolute atomic E-state index is 12.3. The molecule has 0 fully saturated rings. The van der Waals surface area contributed by atoms with Crippen molar-refractivity contribution in [2.75, 3.05) is 0 Å². The second kappa shape index (κ2) is 7.20. The molecule has 2 N–H and O–H groups in total. The van der Waals surface area contributed by atoms with Crippen LogP contribution >= 0.6 is 0 Å². The summed E-state index contributed by atoms with van der Waals surface area (Å²) in [4.78, 5) is 21.0. The number of nitro benzene ring substituents is 1. The van der Waals surface area contributed by atoms with Gasteiger partial charge in [-0.15, -0.1) is 0 Å². The van der Waals surface area contributed by atoms with Gasteiger partial charge >= 0.3 is 5.97 Å². The lowest BCUT2D eigenvalue weighted by molar-refractivity contribution is -0.384. The van der Waals surface area contributed by atoms with Crippen LogP contribution in [-0.4, -0.2) is 30.5 Å². The molecule has 8 nitrogen and oxygen atoms in total. The van der Waals surface area contributed by atoms with Crippen LogP contribution in [0.5, 0.6) is 0 Å². The van der Waals surface area contributed by atoms with Gasteiger partial charge in [0.25, 0.3) is 5.69 Å². The van der Waals surface area contributed by atoms with E-state index in [0.717, 1.165) is 24.3 Å². The number of nitro groups is 1. The van der Waals surface area contributed by atoms with E-state index in [1.807, 2.05) is 0 Å². The van der Waals surface area contributed by atoms with Crippen LogP contribution < -0.4 is 4.72 Å². The highest BCUT2D eigenvalue weighted by Gasteiger charge is 2.26. The number of nitrogens with zero attached hydrogens (tertiary/aromatic N) is 1. The van der Waals surface area contributed by atoms with Gasteiger partial charge in [-0.25, -0.2) is 8.42 Å². The molecule has 2 rings (SSSR count). The van der Waals surface area contributed by atoms with Gasteiger partial charge in [-0.05, 0) is 24.1 Å². The third-order valence-corrected chi connectivity index (χ3v) is 4.72. The number of benzene rings is 2. The van der Waals surface area contributed by atoms with Crippen LogP contribution in [0, 0.1) is 10.1 Å². The fourth-order valence-electron chi connectivity index (χ4n) is 2.03. The first-order chi connectivity index (χ1) is 11.3. The maximum atomic E-state index is 12.3. The molecule has 0 saturated heterocycles. The number of non-ortho nitro benzene ring substituents is 1. The molecule has 0 bridgehead atoms. The number of nitrogens with one attached hydrogen (secondary N) is 1. The van der Waals surface area contributed by atoms with Crippen molar-refractivity contribution in [2.24, 2.45) is 0 Å². The maximum Gasteiger partial charge on any atom is 0.322 e. The van der Waals surface area contributed by atoms with Crippen LogP contribution in [0.4, 0.5) is 5.69 Å². The first-order valence-electron chi connectivity index (χ1n) is 6.83. The molecule has 126 valence electrons. The quantitative estimate of drug-likeness (QED) is 0.576. The third kappa shape index (κ3) is 4.37. The first kappa shape index (κ1) is 17.6. The Kier molecular flexibility index (Phi) is 5.27. The molecule has 0 heterocycles. The average Bonchev–Trinajstić information content (AvgIpc) is 2.55. The van der Waals surface area contributed by atoms with Crippen molar-refractivity contribution in [2.45, 2.75) is 17.4 Å². The summed E-state index contributed by atoms with van der Waals surface area (Å²) >= 11 is 0. The monoisotopic (exact) mass is 350 g/mol. The van der Waals surface area contributed by atoms with E-state index in [-0.39, 0.29) is 17.0 Å². The standard InChI is InChI=1S/C15H14N2O6S/c18-15(19)14(10-11-4-2-1-3-5-11)16-24(22,23)13-8-6-12(7-9-13)17(20)21/h1-9,14,16H,10H2,(H,18,19)/t14-/m1/s1. The lowest BCUT2D eigenvalue weighted by Gasteiger charge is -2.15. The van der Waals surface area contributed by atoms with Gasteiger partial charge in [0.15, 0.2) is 0 Å². The Labute approximate surface area is 138 Å². The number of carboxylic acids is 1. The Morgan fingerprint density at radius 2 is 1.71 bits per heavy atom. The smallest absolute Gasteiger partial charge is 0.322 e. The summed E-state index contributed by atoms with van der Waals surface area (Å²) in [6.07, 6.45) is -0.0254. The minimum Gasteiger partial charge on any atom is -0.480 e. The summed E-state index contributed by atoms with van der Waals surface area (Å²) in [5.41, 5.74) is 0.407. The average molecular weight is 350 g/mol. The first-order valence-corrected chi connectivity index (χ1v) is 8.31. The molecule has 0 aromatic heterocycles. The van der Waals surface area contributed by atoms with E-state index >= 15 is 0 Å². The van der Waals surface area contributed by atoms with Crippen LogP contribution in [0.15, 0.2) is 59.5 Å². The molecule has 0 aliphatic rings. The van der Waals surface area contributed by atoms with E-state index in [9.17, 15) is 28.4 Å². The molecule has 2 aromatic carbocycles. The second-order valence-corrected chi connectivity index (χ2v) is 6.67. The van der Waals surface area contributed by atoms with Gasteiger partial charge in [-0.1, -0.05) is 30.3 Å². The number of carboxylic acid groups (broad SMARTS) is 1. The highest BCUT2D eigenvalue weighted by atomic mass is 32.2. The Balaban J connectivity index is 2.21. The van der Waals surface area contributed by atoms with Crippen LogP contribution in [0.2, 0.25) is 0 Å². The fourth-order valence-corrected chi connectivity index (χ4v) is 3.22. The third-order valence-electron chi connectivity index (χ3n) is 3.24. The highest BCUT2D eigenvalue weighted by molar-refractivity contribution is 7.89. The second-order valence-electron chi connectivity index (χ2n) is 4.95. The summed E-state index contributed by atoms with van der Waals surface area (Å²) in [5, 5.41) is 19.8. The van der Waals surface area contributed by atoms with Gasteiger partial charge in [0.1, 0.15) is 6.04 Å². The van der Waals surface area contributed by atoms with E-state index < -0.39 is 27.0 Å². The summed E-state index contributed by atoms with van der Waals surface area (Å²) < 4.78 is 26.7. The largest absolute Gasteiger partial charge is 0.480 e. The molecule has 24 heavy (non-hydrogen) atoms. The zero-order valence-corrected chi connectivity index (χ0v) is 13.1. The van der Waals surface area contributed by atoms with E-state index in [4.69, 9.17) is 0 Å². The van der Waals surface area contributed by atoms with Crippen LogP contribution in [0.25, 0.3) is 0 Å². The number of sulfonamides is 1. The zero-order chi connectivity index (χ0) is 17.7. The molecule has 1 atom stereocenters. The van der Waals surface area contributed by atoms with E-state index in [1.54, 1.807) is 30.3 Å². The minimum absolute atomic E-state index is 0.0254. The Hall–Kier alpha value is -2.78. The lowest BCUT2D eigenvalue weighted by atomic mass is 10.1. The molecule has 0 aliphatic carbocycles. The van der Waals surface area contributed by atoms with Crippen LogP contribution in [0.1, 0.15) is 5.56 Å². The van der Waals surface area contributed by atoms with Gasteiger partial charge in [0.05, 0.1) is 9.82 Å². The molecule has 0 aliphatic heterocycles. The summed E-state index contributed by atoms with van der Waals surface area (Å²) in [7, 11) is -4.12. The number of aliphatic carboxylic acids is 1. The molecule has 9 heteroatoms. The predicted octanol–water partition coefficient (Wildman–Crippen LogP) is 1.57. The van der Waals surface area contributed by atoms with E-state index in [0.29, 0.717) is 5.56 Å². The number of hydrogen-bond acceptors (Lipinski definition) is 5. The van der Waals surface area contributed by atoms with Crippen molar-refractivity contribution in [1.82, 2.24) is 4.72 Å². The van der Waals surface area contributed by atoms with Gasteiger partial charge in [0.2, 0.25) is 10.0 Å². The zero-order valence-electron chi connectivity index (χ0n) is 12.3.